The van der Waals surface area contributed by atoms with Crippen molar-refractivity contribution in [3.05, 3.63) is 47.5 Å². The molecule has 0 saturated carbocycles. The molecule has 24 heavy (non-hydrogen) atoms. The number of nitrogens with zero attached hydrogens (tertiary/aromatic N) is 3. The van der Waals surface area contributed by atoms with Gasteiger partial charge in [0.25, 0.3) is 0 Å². The summed E-state index contributed by atoms with van der Waals surface area (Å²) in [5, 5.41) is 37.0. The summed E-state index contributed by atoms with van der Waals surface area (Å²) in [6.45, 7) is 6.05. The Balaban J connectivity index is 0.000000648. The van der Waals surface area contributed by atoms with E-state index in [9.17, 15) is 5.11 Å². The van der Waals surface area contributed by atoms with Crippen molar-refractivity contribution in [1.82, 2.24) is 14.8 Å². The van der Waals surface area contributed by atoms with Gasteiger partial charge >= 0.3 is 7.32 Å². The highest BCUT2D eigenvalue weighted by molar-refractivity contribution is 6.30. The average Bonchev–Trinajstić information content (AvgIpc) is 2.98. The Kier molecular flexibility index (Phi) is 7.85. The van der Waals surface area contributed by atoms with Crippen LogP contribution in [0.5, 0.6) is 0 Å². The lowest BCUT2D eigenvalue weighted by Crippen LogP contribution is -2.37. The van der Waals surface area contributed by atoms with Crippen molar-refractivity contribution in [2.75, 3.05) is 0 Å². The molecule has 0 saturated heterocycles. The van der Waals surface area contributed by atoms with E-state index in [1.807, 2.05) is 45.0 Å². The minimum Gasteiger partial charge on any atom is -0.402 e. The second kappa shape index (κ2) is 9.15. The fraction of sp³-hybridized carbons (Fsp3) is 0.467. The normalized spacial score (nSPS) is 13.7. The maximum atomic E-state index is 10.6. The van der Waals surface area contributed by atoms with Crippen LogP contribution in [0.25, 0.3) is 0 Å². The zero-order chi connectivity index (χ0) is 18.3. The number of hydrogen-bond acceptors (Lipinski definition) is 6. The number of benzene rings is 1. The number of aliphatic hydroxyl groups is 1. The average molecular weight is 356 g/mol. The maximum absolute atomic E-state index is 10.6. The van der Waals surface area contributed by atoms with Crippen molar-refractivity contribution in [2.45, 2.75) is 39.3 Å². The molecule has 1 aromatic heterocycles. The van der Waals surface area contributed by atoms with Gasteiger partial charge in [-0.25, -0.2) is 9.67 Å². The zero-order valence-corrected chi connectivity index (χ0v) is 14.7. The molecule has 9 heteroatoms. The van der Waals surface area contributed by atoms with Gasteiger partial charge in [0.2, 0.25) is 0 Å². The topological polar surface area (TPSA) is 112 Å². The maximum Gasteiger partial charge on any atom is 0.631 e. The molecule has 0 unspecified atom stereocenters. The molecule has 0 spiro atoms. The van der Waals surface area contributed by atoms with Gasteiger partial charge in [-0.3, -0.25) is 0 Å². The molecule has 1 heterocycles. The van der Waals surface area contributed by atoms with E-state index >= 15 is 0 Å². The lowest BCUT2D eigenvalue weighted by molar-refractivity contribution is 0.0124. The van der Waals surface area contributed by atoms with Crippen LogP contribution in [0, 0.1) is 5.41 Å². The summed E-state index contributed by atoms with van der Waals surface area (Å²) in [5.74, 6) is 0. The fourth-order valence-corrected chi connectivity index (χ4v) is 2.30. The smallest absolute Gasteiger partial charge is 0.402 e. The van der Waals surface area contributed by atoms with Gasteiger partial charge in [-0.1, -0.05) is 44.5 Å². The number of aromatic nitrogens is 3. The first kappa shape index (κ1) is 20.6. The molecule has 2 rings (SSSR count). The van der Waals surface area contributed by atoms with Gasteiger partial charge in [-0.2, -0.15) is 5.10 Å². The number of halogens is 1. The molecule has 0 aliphatic rings. The minimum absolute atomic E-state index is 0.154. The summed E-state index contributed by atoms with van der Waals surface area (Å²) in [4.78, 5) is 3.98. The third-order valence-corrected chi connectivity index (χ3v) is 3.64. The molecular formula is C15H23BClN3O4. The molecule has 0 radical (unpaired) electrons. The summed E-state index contributed by atoms with van der Waals surface area (Å²) < 4.78 is 1.73. The Morgan fingerprint density at radius 3 is 2.12 bits per heavy atom. The van der Waals surface area contributed by atoms with Crippen molar-refractivity contribution < 1.29 is 20.2 Å². The highest BCUT2D eigenvalue weighted by Crippen LogP contribution is 2.30. The van der Waals surface area contributed by atoms with E-state index in [-0.39, 0.29) is 11.5 Å². The predicted octanol–water partition coefficient (Wildman–Crippen LogP) is 1.07. The van der Waals surface area contributed by atoms with E-state index in [0.29, 0.717) is 11.4 Å². The number of rotatable bonds is 4. The van der Waals surface area contributed by atoms with E-state index < -0.39 is 13.4 Å². The van der Waals surface area contributed by atoms with Crippen LogP contribution in [0.4, 0.5) is 0 Å². The van der Waals surface area contributed by atoms with Crippen LogP contribution in [0.15, 0.2) is 36.9 Å². The molecule has 0 amide bonds. The van der Waals surface area contributed by atoms with Crippen LogP contribution in [0.2, 0.25) is 5.02 Å². The van der Waals surface area contributed by atoms with Gasteiger partial charge in [0, 0.05) is 5.02 Å². The molecule has 2 aromatic rings. The molecule has 2 atom stereocenters. The Bertz CT molecular complexity index is 585. The Morgan fingerprint density at radius 2 is 1.71 bits per heavy atom. The van der Waals surface area contributed by atoms with Crippen LogP contribution < -0.4 is 0 Å². The van der Waals surface area contributed by atoms with Crippen LogP contribution in [0.3, 0.4) is 0 Å². The molecule has 0 aliphatic heterocycles. The van der Waals surface area contributed by atoms with E-state index in [2.05, 4.69) is 10.1 Å². The Morgan fingerprint density at radius 1 is 1.17 bits per heavy atom. The fourth-order valence-electron chi connectivity index (χ4n) is 2.18. The van der Waals surface area contributed by atoms with Crippen LogP contribution in [-0.4, -0.2) is 48.4 Å². The largest absolute Gasteiger partial charge is 0.631 e. The van der Waals surface area contributed by atoms with Gasteiger partial charge in [0.1, 0.15) is 12.7 Å². The zero-order valence-electron chi connectivity index (χ0n) is 13.9. The van der Waals surface area contributed by atoms with Gasteiger partial charge in [0.15, 0.2) is 0 Å². The van der Waals surface area contributed by atoms with E-state index in [4.69, 9.17) is 26.7 Å². The second-order valence-corrected chi connectivity index (χ2v) is 6.87. The number of aliphatic hydroxyl groups excluding tert-OH is 1. The third-order valence-electron chi connectivity index (χ3n) is 3.39. The molecule has 4 N–H and O–H groups in total. The molecule has 0 bridgehead atoms. The minimum atomic E-state index is -2.17. The monoisotopic (exact) mass is 355 g/mol. The van der Waals surface area contributed by atoms with E-state index in [1.165, 1.54) is 6.33 Å². The van der Waals surface area contributed by atoms with E-state index in [1.54, 1.807) is 11.0 Å². The first-order chi connectivity index (χ1) is 11.1. The summed E-state index contributed by atoms with van der Waals surface area (Å²) in [7, 11) is -2.17. The van der Waals surface area contributed by atoms with Crippen LogP contribution >= 0.6 is 11.6 Å². The quantitative estimate of drug-likeness (QED) is 0.610. The van der Waals surface area contributed by atoms with Gasteiger partial charge < -0.3 is 20.2 Å². The molecule has 1 aromatic carbocycles. The molecule has 132 valence electrons. The van der Waals surface area contributed by atoms with E-state index in [0.717, 1.165) is 5.56 Å². The highest BCUT2D eigenvalue weighted by atomic mass is 35.5. The van der Waals surface area contributed by atoms with Crippen LogP contribution in [0.1, 0.15) is 32.4 Å². The number of hydrogen-bond donors (Lipinski definition) is 4. The predicted molar refractivity (Wildman–Crippen MR) is 92.1 cm³/mol. The van der Waals surface area contributed by atoms with Crippen molar-refractivity contribution in [3.63, 3.8) is 0 Å². The standard InChI is InChI=1S/C15H20ClN3O.BH3O3/c1-15(2,3)14(20)13(19-10-17-9-18-19)8-11-4-6-12(16)7-5-11;2-1(3)4/h4-7,9-10,13-14,20H,8H2,1-3H3;2-4H/t13-,14+;/m0./s1. The highest BCUT2D eigenvalue weighted by Gasteiger charge is 2.32. The Hall–Kier alpha value is -1.45. The lowest BCUT2D eigenvalue weighted by atomic mass is 9.82. The van der Waals surface area contributed by atoms with Crippen molar-refractivity contribution in [3.8, 4) is 0 Å². The second-order valence-electron chi connectivity index (χ2n) is 6.43. The van der Waals surface area contributed by atoms with Gasteiger partial charge in [-0.05, 0) is 29.5 Å². The molecule has 0 fully saturated rings. The van der Waals surface area contributed by atoms with Gasteiger partial charge in [-0.15, -0.1) is 0 Å². The molecule has 7 nitrogen and oxygen atoms in total. The van der Waals surface area contributed by atoms with Crippen molar-refractivity contribution >= 4 is 18.9 Å². The summed E-state index contributed by atoms with van der Waals surface area (Å²) in [6, 6.07) is 7.51. The summed E-state index contributed by atoms with van der Waals surface area (Å²) >= 11 is 5.91. The summed E-state index contributed by atoms with van der Waals surface area (Å²) in [6.07, 6.45) is 3.29. The van der Waals surface area contributed by atoms with Crippen molar-refractivity contribution in [2.24, 2.45) is 5.41 Å². The van der Waals surface area contributed by atoms with Gasteiger partial charge in [0.05, 0.1) is 12.1 Å². The summed E-state index contributed by atoms with van der Waals surface area (Å²) in [5.41, 5.74) is 0.876. The third kappa shape index (κ3) is 6.98. The first-order valence-electron chi connectivity index (χ1n) is 7.42. The first-order valence-corrected chi connectivity index (χ1v) is 7.80. The lowest BCUT2D eigenvalue weighted by Gasteiger charge is -2.33. The SMILES string of the molecule is CC(C)(C)[C@H](O)[C@H](Cc1ccc(Cl)cc1)n1cncn1.OB(O)O. The van der Waals surface area contributed by atoms with Crippen LogP contribution in [-0.2, 0) is 6.42 Å². The van der Waals surface area contributed by atoms with Crippen molar-refractivity contribution in [1.29, 1.82) is 0 Å². The Labute approximate surface area is 146 Å². The molecule has 0 aliphatic carbocycles. The molecular weight excluding hydrogens is 332 g/mol.